The summed E-state index contributed by atoms with van der Waals surface area (Å²) in [5, 5.41) is 1.85. The predicted molar refractivity (Wildman–Crippen MR) is 84.0 cm³/mol. The summed E-state index contributed by atoms with van der Waals surface area (Å²) in [4.78, 5) is 0. The van der Waals surface area contributed by atoms with Crippen molar-refractivity contribution in [2.24, 2.45) is 5.73 Å². The Morgan fingerprint density at radius 1 is 1.15 bits per heavy atom. The van der Waals surface area contributed by atoms with Crippen LogP contribution in [0.5, 0.6) is 0 Å². The van der Waals surface area contributed by atoms with E-state index in [2.05, 4.69) is 12.1 Å². The first-order valence-electron chi connectivity index (χ1n) is 6.60. The van der Waals surface area contributed by atoms with Crippen LogP contribution in [0, 0.1) is 13.8 Å². The highest BCUT2D eigenvalue weighted by Crippen LogP contribution is 2.40. The molecule has 2 N–H and O–H groups in total. The fraction of sp³-hybridized carbons (Fsp3) is 0.176. The van der Waals surface area contributed by atoms with E-state index in [1.165, 1.54) is 0 Å². The largest absolute Gasteiger partial charge is 0.459 e. The number of hydrogen-bond acceptors (Lipinski definition) is 2. The van der Waals surface area contributed by atoms with Gasteiger partial charge in [0.2, 0.25) is 0 Å². The van der Waals surface area contributed by atoms with E-state index in [0.717, 1.165) is 44.0 Å². The van der Waals surface area contributed by atoms with E-state index in [1.807, 2.05) is 38.1 Å². The minimum absolute atomic E-state index is 0.370. The van der Waals surface area contributed by atoms with Gasteiger partial charge in [0.25, 0.3) is 0 Å². The van der Waals surface area contributed by atoms with Crippen LogP contribution < -0.4 is 5.73 Å². The van der Waals surface area contributed by atoms with Gasteiger partial charge in [-0.1, -0.05) is 41.9 Å². The molecule has 1 aromatic heterocycles. The van der Waals surface area contributed by atoms with E-state index >= 15 is 0 Å². The van der Waals surface area contributed by atoms with E-state index in [1.54, 1.807) is 0 Å². The van der Waals surface area contributed by atoms with Gasteiger partial charge in [-0.15, -0.1) is 0 Å². The highest BCUT2D eigenvalue weighted by molar-refractivity contribution is 6.33. The van der Waals surface area contributed by atoms with Crippen molar-refractivity contribution in [3.63, 3.8) is 0 Å². The van der Waals surface area contributed by atoms with Gasteiger partial charge in [0.15, 0.2) is 0 Å². The second-order valence-corrected chi connectivity index (χ2v) is 5.35. The maximum absolute atomic E-state index is 6.40. The van der Waals surface area contributed by atoms with Crippen molar-refractivity contribution < 1.29 is 4.42 Å². The maximum Gasteiger partial charge on any atom is 0.135 e. The van der Waals surface area contributed by atoms with Gasteiger partial charge in [-0.05, 0) is 36.6 Å². The predicted octanol–water partition coefficient (Wildman–Crippen LogP) is 4.83. The average molecular weight is 286 g/mol. The number of halogens is 1. The highest BCUT2D eigenvalue weighted by atomic mass is 35.5. The summed E-state index contributed by atoms with van der Waals surface area (Å²) in [6.07, 6.45) is 0. The number of hydrogen-bond donors (Lipinski definition) is 1. The Labute approximate surface area is 123 Å². The Morgan fingerprint density at radius 3 is 2.50 bits per heavy atom. The number of furan rings is 1. The zero-order chi connectivity index (χ0) is 14.3. The third kappa shape index (κ3) is 1.92. The molecule has 0 aliphatic carbocycles. The molecule has 102 valence electrons. The second-order valence-electron chi connectivity index (χ2n) is 4.98. The molecule has 2 aromatic carbocycles. The molecule has 2 nitrogen and oxygen atoms in total. The first kappa shape index (κ1) is 13.2. The first-order valence-corrected chi connectivity index (χ1v) is 6.98. The molecule has 0 radical (unpaired) electrons. The molecule has 3 aromatic rings. The fourth-order valence-corrected chi connectivity index (χ4v) is 2.84. The van der Waals surface area contributed by atoms with E-state index in [9.17, 15) is 0 Å². The smallest absolute Gasteiger partial charge is 0.135 e. The Morgan fingerprint density at radius 2 is 1.85 bits per heavy atom. The number of rotatable bonds is 2. The lowest BCUT2D eigenvalue weighted by Crippen LogP contribution is -1.96. The quantitative estimate of drug-likeness (QED) is 0.732. The molecule has 0 amide bonds. The molecule has 0 aliphatic heterocycles. The topological polar surface area (TPSA) is 39.2 Å². The second kappa shape index (κ2) is 4.97. The number of benzene rings is 2. The molecule has 0 saturated carbocycles. The molecule has 3 heteroatoms. The lowest BCUT2D eigenvalue weighted by Gasteiger charge is -2.06. The molecular formula is C17H16ClNO. The van der Waals surface area contributed by atoms with E-state index < -0.39 is 0 Å². The molecule has 20 heavy (non-hydrogen) atoms. The van der Waals surface area contributed by atoms with Crippen molar-refractivity contribution in [2.45, 2.75) is 20.4 Å². The SMILES string of the molecule is Cc1cc2oc(CN)c(-c3ccccc3)c2c(C)c1Cl. The number of fused-ring (bicyclic) bond motifs is 1. The van der Waals surface area contributed by atoms with Crippen LogP contribution in [0.25, 0.3) is 22.1 Å². The summed E-state index contributed by atoms with van der Waals surface area (Å²) in [5.74, 6) is 0.802. The van der Waals surface area contributed by atoms with Crippen LogP contribution in [-0.4, -0.2) is 0 Å². The lowest BCUT2D eigenvalue weighted by atomic mass is 9.97. The molecule has 0 atom stereocenters. The summed E-state index contributed by atoms with van der Waals surface area (Å²) >= 11 is 6.40. The number of nitrogens with two attached hydrogens (primary N) is 1. The van der Waals surface area contributed by atoms with Gasteiger partial charge in [0, 0.05) is 16.0 Å². The van der Waals surface area contributed by atoms with Gasteiger partial charge < -0.3 is 10.2 Å². The van der Waals surface area contributed by atoms with Crippen LogP contribution in [0.3, 0.4) is 0 Å². The summed E-state index contributed by atoms with van der Waals surface area (Å²) in [5.41, 5.74) is 10.9. The van der Waals surface area contributed by atoms with Crippen molar-refractivity contribution >= 4 is 22.6 Å². The molecule has 0 saturated heterocycles. The third-order valence-corrected chi connectivity index (χ3v) is 4.24. The van der Waals surface area contributed by atoms with Crippen LogP contribution in [-0.2, 0) is 6.54 Å². The zero-order valence-electron chi connectivity index (χ0n) is 11.5. The molecule has 0 bridgehead atoms. The van der Waals surface area contributed by atoms with Crippen LogP contribution in [0.2, 0.25) is 5.02 Å². The molecular weight excluding hydrogens is 270 g/mol. The molecule has 0 unspecified atom stereocenters. The Balaban J connectivity index is 2.43. The van der Waals surface area contributed by atoms with E-state index in [4.69, 9.17) is 21.8 Å². The van der Waals surface area contributed by atoms with Gasteiger partial charge in [-0.25, -0.2) is 0 Å². The van der Waals surface area contributed by atoms with Crippen molar-refractivity contribution in [2.75, 3.05) is 0 Å². The molecule has 0 aliphatic rings. The molecule has 0 spiro atoms. The monoisotopic (exact) mass is 285 g/mol. The van der Waals surface area contributed by atoms with Crippen molar-refractivity contribution in [1.82, 2.24) is 0 Å². The van der Waals surface area contributed by atoms with E-state index in [0.29, 0.717) is 6.54 Å². The summed E-state index contributed by atoms with van der Waals surface area (Å²) in [7, 11) is 0. The third-order valence-electron chi connectivity index (χ3n) is 3.65. The van der Waals surface area contributed by atoms with Gasteiger partial charge in [-0.2, -0.15) is 0 Å². The summed E-state index contributed by atoms with van der Waals surface area (Å²) in [6, 6.07) is 12.1. The van der Waals surface area contributed by atoms with Gasteiger partial charge in [-0.3, -0.25) is 0 Å². The lowest BCUT2D eigenvalue weighted by molar-refractivity contribution is 0.554. The molecule has 3 rings (SSSR count). The van der Waals surface area contributed by atoms with Crippen LogP contribution in [0.4, 0.5) is 0 Å². The van der Waals surface area contributed by atoms with Crippen molar-refractivity contribution in [3.05, 3.63) is 58.3 Å². The minimum Gasteiger partial charge on any atom is -0.459 e. The van der Waals surface area contributed by atoms with Crippen molar-refractivity contribution in [1.29, 1.82) is 0 Å². The summed E-state index contributed by atoms with van der Waals surface area (Å²) < 4.78 is 5.94. The van der Waals surface area contributed by atoms with Crippen LogP contribution >= 0.6 is 11.6 Å². The first-order chi connectivity index (χ1) is 9.63. The zero-order valence-corrected chi connectivity index (χ0v) is 12.3. The standard InChI is InChI=1S/C17H16ClNO/c1-10-8-13-15(11(2)17(10)18)16(14(9-19)20-13)12-6-4-3-5-7-12/h3-8H,9,19H2,1-2H3. The highest BCUT2D eigenvalue weighted by Gasteiger charge is 2.19. The molecule has 0 fully saturated rings. The van der Waals surface area contributed by atoms with Crippen molar-refractivity contribution in [3.8, 4) is 11.1 Å². The van der Waals surface area contributed by atoms with E-state index in [-0.39, 0.29) is 0 Å². The van der Waals surface area contributed by atoms with Gasteiger partial charge in [0.1, 0.15) is 11.3 Å². The number of aryl methyl sites for hydroxylation is 2. The summed E-state index contributed by atoms with van der Waals surface area (Å²) in [6.45, 7) is 4.39. The fourth-order valence-electron chi connectivity index (χ4n) is 2.69. The Kier molecular flexibility index (Phi) is 3.28. The average Bonchev–Trinajstić information content (AvgIpc) is 2.84. The van der Waals surface area contributed by atoms with Crippen LogP contribution in [0.15, 0.2) is 40.8 Å². The van der Waals surface area contributed by atoms with Crippen LogP contribution in [0.1, 0.15) is 16.9 Å². The maximum atomic E-state index is 6.40. The van der Waals surface area contributed by atoms with Gasteiger partial charge in [0.05, 0.1) is 6.54 Å². The Bertz CT molecular complexity index is 775. The van der Waals surface area contributed by atoms with Gasteiger partial charge >= 0.3 is 0 Å². The normalized spacial score (nSPS) is 11.2. The Hall–Kier alpha value is -1.77. The molecule has 1 heterocycles. The minimum atomic E-state index is 0.370.